The Hall–Kier alpha value is -8.79. The van der Waals surface area contributed by atoms with Gasteiger partial charge in [0, 0.05) is 44.6 Å². The summed E-state index contributed by atoms with van der Waals surface area (Å²) < 4.78 is 6.27. The van der Waals surface area contributed by atoms with E-state index in [-0.39, 0.29) is 0 Å². The van der Waals surface area contributed by atoms with Crippen LogP contribution in [0.4, 0.5) is 5.69 Å². The molecule has 6 nitrogen and oxygen atoms in total. The van der Waals surface area contributed by atoms with Crippen molar-refractivity contribution in [3.05, 3.63) is 212 Å². The molecule has 0 aliphatic rings. The van der Waals surface area contributed by atoms with E-state index in [1.54, 1.807) is 0 Å². The fourth-order valence-electron chi connectivity index (χ4n) is 8.90. The van der Waals surface area contributed by atoms with Crippen molar-refractivity contribution in [2.75, 3.05) is 0 Å². The lowest BCUT2D eigenvalue weighted by atomic mass is 9.88. The number of para-hydroxylation sites is 1. The first kappa shape index (κ1) is 36.1. The van der Waals surface area contributed by atoms with Crippen molar-refractivity contribution < 1.29 is 4.42 Å². The Morgan fingerprint density at radius 1 is 0.349 bits per heavy atom. The zero-order valence-electron chi connectivity index (χ0n) is 33.7. The van der Waals surface area contributed by atoms with Crippen LogP contribution in [0.15, 0.2) is 205 Å². The van der Waals surface area contributed by atoms with E-state index >= 15 is 0 Å². The van der Waals surface area contributed by atoms with E-state index in [0.717, 1.165) is 104 Å². The Kier molecular flexibility index (Phi) is 8.44. The number of hydrogen-bond donors (Lipinski definition) is 0. The van der Waals surface area contributed by atoms with Gasteiger partial charge < -0.3 is 4.42 Å². The van der Waals surface area contributed by atoms with E-state index < -0.39 is 0 Å². The molecule has 12 aromatic rings. The summed E-state index contributed by atoms with van der Waals surface area (Å²) in [7, 11) is 0. The van der Waals surface area contributed by atoms with Crippen LogP contribution in [0.2, 0.25) is 0 Å². The Morgan fingerprint density at radius 3 is 1.68 bits per heavy atom. The number of benzene rings is 9. The molecule has 0 spiro atoms. The third kappa shape index (κ3) is 6.27. The van der Waals surface area contributed by atoms with Gasteiger partial charge in [-0.2, -0.15) is 0 Å². The van der Waals surface area contributed by atoms with Crippen molar-refractivity contribution in [3.63, 3.8) is 0 Å². The van der Waals surface area contributed by atoms with Crippen molar-refractivity contribution in [3.8, 4) is 67.5 Å². The van der Waals surface area contributed by atoms with Gasteiger partial charge in [0.15, 0.2) is 23.2 Å². The van der Waals surface area contributed by atoms with E-state index in [2.05, 4.69) is 114 Å². The zero-order valence-corrected chi connectivity index (χ0v) is 33.7. The summed E-state index contributed by atoms with van der Waals surface area (Å²) in [5.41, 5.74) is 12.4. The third-order valence-corrected chi connectivity index (χ3v) is 12.0. The Balaban J connectivity index is 0.993. The van der Waals surface area contributed by atoms with Crippen LogP contribution >= 0.6 is 0 Å². The molecule has 0 atom stereocenters. The molecule has 9 aromatic carbocycles. The first-order chi connectivity index (χ1) is 31.1. The molecule has 0 saturated carbocycles. The maximum absolute atomic E-state index is 7.31. The predicted molar refractivity (Wildman–Crippen MR) is 256 cm³/mol. The molecule has 0 aliphatic heterocycles. The maximum atomic E-state index is 7.31. The fraction of sp³-hybridized carbons (Fsp3) is 0. The average Bonchev–Trinajstić information content (AvgIpc) is 3.74. The molecule has 12 rings (SSSR count). The first-order valence-corrected chi connectivity index (χ1v) is 20.8. The van der Waals surface area contributed by atoms with Crippen molar-refractivity contribution in [1.82, 2.24) is 19.9 Å². The molecule has 6 heteroatoms. The molecule has 0 aliphatic carbocycles. The Labute approximate surface area is 362 Å². The molecule has 0 amide bonds. The fourth-order valence-corrected chi connectivity index (χ4v) is 8.90. The molecule has 292 valence electrons. The van der Waals surface area contributed by atoms with Crippen molar-refractivity contribution in [2.24, 2.45) is 0 Å². The molecular weight excluding hydrogens is 771 g/mol. The molecule has 0 unspecified atom stereocenters. The second-order valence-electron chi connectivity index (χ2n) is 15.7. The van der Waals surface area contributed by atoms with Crippen LogP contribution in [0.5, 0.6) is 0 Å². The van der Waals surface area contributed by atoms with E-state index in [0.29, 0.717) is 23.2 Å². The van der Waals surface area contributed by atoms with Gasteiger partial charge in [-0.05, 0) is 91.8 Å². The third-order valence-electron chi connectivity index (χ3n) is 12.0. The van der Waals surface area contributed by atoms with E-state index in [1.807, 2.05) is 91.1 Å². The molecule has 3 heterocycles. The second kappa shape index (κ2) is 14.7. The van der Waals surface area contributed by atoms with E-state index in [4.69, 9.17) is 30.9 Å². The van der Waals surface area contributed by atoms with Crippen LogP contribution in [-0.2, 0) is 0 Å². The quantitative estimate of drug-likeness (QED) is 0.124. The number of pyridine rings is 1. The number of fused-ring (bicyclic) bond motifs is 8. The lowest BCUT2D eigenvalue weighted by Gasteiger charge is -2.16. The summed E-state index contributed by atoms with van der Waals surface area (Å²) in [6, 6.07) is 66.7. The zero-order chi connectivity index (χ0) is 41.9. The summed E-state index contributed by atoms with van der Waals surface area (Å²) in [6.45, 7) is 7.31. The van der Waals surface area contributed by atoms with Crippen LogP contribution in [0, 0.1) is 6.57 Å². The van der Waals surface area contributed by atoms with Gasteiger partial charge in [0.1, 0.15) is 11.2 Å². The first-order valence-electron chi connectivity index (χ1n) is 20.8. The number of furan rings is 1. The monoisotopic (exact) mass is 803 g/mol. The van der Waals surface area contributed by atoms with Gasteiger partial charge in [-0.25, -0.2) is 19.8 Å². The van der Waals surface area contributed by atoms with Crippen LogP contribution in [0.3, 0.4) is 0 Å². The minimum absolute atomic E-state index is 0.572. The lowest BCUT2D eigenvalue weighted by molar-refractivity contribution is 0.669. The van der Waals surface area contributed by atoms with Crippen molar-refractivity contribution in [1.29, 1.82) is 0 Å². The minimum atomic E-state index is 0.572. The predicted octanol–water partition coefficient (Wildman–Crippen LogP) is 15.2. The normalized spacial score (nSPS) is 11.5. The molecule has 0 saturated heterocycles. The van der Waals surface area contributed by atoms with E-state index in [1.165, 1.54) is 0 Å². The number of rotatable bonds is 6. The molecule has 3 aromatic heterocycles. The molecule has 63 heavy (non-hydrogen) atoms. The summed E-state index contributed by atoms with van der Waals surface area (Å²) in [5.74, 6) is 1.75. The van der Waals surface area contributed by atoms with Crippen molar-refractivity contribution in [2.45, 2.75) is 0 Å². The smallest absolute Gasteiger partial charge is 0.187 e. The molecule has 0 N–H and O–H groups in total. The standard InChI is InChI=1S/C57H33N5O/c1-58-42-27-24-36(25-28-42)35-20-22-37(23-21-35)49-34-50-44-16-6-5-15-43(44)48(33-51(50)47-18-10-30-59-54(47)49)39-13-9-14-40(31-39)56-60-55(38-11-3-2-4-12-38)61-57(62-56)41-26-29-46-45-17-7-8-19-52(45)63-53(46)32-41/h2-34H. The second-order valence-corrected chi connectivity index (χ2v) is 15.7. The summed E-state index contributed by atoms with van der Waals surface area (Å²) in [6.07, 6.45) is 1.87. The summed E-state index contributed by atoms with van der Waals surface area (Å²) in [5, 5.41) is 7.82. The maximum Gasteiger partial charge on any atom is 0.187 e. The largest absolute Gasteiger partial charge is 0.456 e. The average molecular weight is 804 g/mol. The Bertz CT molecular complexity index is 3790. The SMILES string of the molecule is [C-]#[N+]c1ccc(-c2ccc(-c3cc4c5ccccc5c(-c5cccc(-c6nc(-c7ccccc7)nc(-c7ccc8c(c7)oc7ccccc78)n6)c5)cc4c4cccnc34)cc2)cc1. The molecule has 0 bridgehead atoms. The van der Waals surface area contributed by atoms with Gasteiger partial charge >= 0.3 is 0 Å². The Morgan fingerprint density at radius 2 is 0.905 bits per heavy atom. The topological polar surface area (TPSA) is 69.1 Å². The van der Waals surface area contributed by atoms with Gasteiger partial charge in [-0.1, -0.05) is 152 Å². The van der Waals surface area contributed by atoms with Crippen LogP contribution in [0.25, 0.3) is 127 Å². The highest BCUT2D eigenvalue weighted by atomic mass is 16.3. The van der Waals surface area contributed by atoms with Crippen LogP contribution in [0.1, 0.15) is 0 Å². The van der Waals surface area contributed by atoms with Crippen LogP contribution in [-0.4, -0.2) is 19.9 Å². The van der Waals surface area contributed by atoms with Crippen LogP contribution < -0.4 is 0 Å². The number of nitrogens with zero attached hydrogens (tertiary/aromatic N) is 5. The minimum Gasteiger partial charge on any atom is -0.456 e. The highest BCUT2D eigenvalue weighted by Gasteiger charge is 2.18. The highest BCUT2D eigenvalue weighted by molar-refractivity contribution is 6.23. The van der Waals surface area contributed by atoms with Gasteiger partial charge in [0.2, 0.25) is 0 Å². The number of hydrogen-bond acceptors (Lipinski definition) is 5. The summed E-state index contributed by atoms with van der Waals surface area (Å²) in [4.78, 5) is 23.8. The molecule has 0 fully saturated rings. The highest BCUT2D eigenvalue weighted by Crippen LogP contribution is 2.42. The summed E-state index contributed by atoms with van der Waals surface area (Å²) >= 11 is 0. The van der Waals surface area contributed by atoms with Gasteiger partial charge in [0.05, 0.1) is 12.1 Å². The van der Waals surface area contributed by atoms with E-state index in [9.17, 15) is 0 Å². The van der Waals surface area contributed by atoms with Gasteiger partial charge in [0.25, 0.3) is 0 Å². The van der Waals surface area contributed by atoms with Gasteiger partial charge in [-0.3, -0.25) is 4.98 Å². The molecule has 0 radical (unpaired) electrons. The number of aromatic nitrogens is 4. The van der Waals surface area contributed by atoms with Crippen molar-refractivity contribution >= 4 is 60.1 Å². The lowest BCUT2D eigenvalue weighted by Crippen LogP contribution is -2.00. The molecular formula is C57H33N5O. The van der Waals surface area contributed by atoms with Gasteiger partial charge in [-0.15, -0.1) is 0 Å².